The Morgan fingerprint density at radius 2 is 1.91 bits per heavy atom. The molecule has 1 aliphatic heterocycles. The highest BCUT2D eigenvalue weighted by Crippen LogP contribution is 2.28. The molecule has 168 valence electrons. The van der Waals surface area contributed by atoms with E-state index in [2.05, 4.69) is 19.9 Å². The summed E-state index contributed by atoms with van der Waals surface area (Å²) in [6.45, 7) is 3.22. The second-order valence-corrected chi connectivity index (χ2v) is 7.76. The van der Waals surface area contributed by atoms with Gasteiger partial charge in [0.15, 0.2) is 29.1 Å². The van der Waals surface area contributed by atoms with Gasteiger partial charge in [-0.2, -0.15) is 0 Å². The summed E-state index contributed by atoms with van der Waals surface area (Å²) in [4.78, 5) is 42.3. The lowest BCUT2D eigenvalue weighted by atomic mass is 10.2. The van der Waals surface area contributed by atoms with Crippen molar-refractivity contribution in [3.8, 4) is 11.4 Å². The number of nitrogens with zero attached hydrogens (tertiary/aromatic N) is 9. The molecular formula is C22H23N9O2. The highest BCUT2D eigenvalue weighted by Gasteiger charge is 2.23. The number of pyridine rings is 1. The lowest BCUT2D eigenvalue weighted by Crippen LogP contribution is -2.37. The maximum atomic E-state index is 10.9. The number of carbonyl (C=O) groups excluding carboxylic acids is 1. The van der Waals surface area contributed by atoms with Gasteiger partial charge in [0.05, 0.1) is 25.3 Å². The van der Waals surface area contributed by atoms with Gasteiger partial charge in [-0.15, -0.1) is 0 Å². The number of aromatic nitrogens is 7. The zero-order chi connectivity index (χ0) is 22.8. The van der Waals surface area contributed by atoms with Crippen LogP contribution in [0.2, 0.25) is 0 Å². The van der Waals surface area contributed by atoms with Crippen LogP contribution in [0, 0.1) is 0 Å². The Morgan fingerprint density at radius 1 is 1.12 bits per heavy atom. The predicted molar refractivity (Wildman–Crippen MR) is 122 cm³/mol. The second kappa shape index (κ2) is 8.87. The van der Waals surface area contributed by atoms with Gasteiger partial charge in [0.2, 0.25) is 5.95 Å². The summed E-state index contributed by atoms with van der Waals surface area (Å²) in [7, 11) is 3.82. The van der Waals surface area contributed by atoms with Gasteiger partial charge in [-0.25, -0.2) is 24.9 Å². The number of fused-ring (bicyclic) bond motifs is 1. The summed E-state index contributed by atoms with van der Waals surface area (Å²) in [6, 6.07) is 3.82. The summed E-state index contributed by atoms with van der Waals surface area (Å²) >= 11 is 0. The van der Waals surface area contributed by atoms with Crippen molar-refractivity contribution in [3.05, 3.63) is 48.3 Å². The van der Waals surface area contributed by atoms with Crippen LogP contribution < -0.4 is 9.80 Å². The number of anilines is 2. The molecule has 1 saturated heterocycles. The fraction of sp³-hybridized carbons (Fsp3) is 0.318. The first-order valence-corrected chi connectivity index (χ1v) is 10.6. The number of hydrogen-bond acceptors (Lipinski definition) is 10. The van der Waals surface area contributed by atoms with Crippen molar-refractivity contribution in [3.63, 3.8) is 0 Å². The molecule has 33 heavy (non-hydrogen) atoms. The van der Waals surface area contributed by atoms with Crippen molar-refractivity contribution in [1.29, 1.82) is 0 Å². The van der Waals surface area contributed by atoms with E-state index in [4.69, 9.17) is 19.7 Å². The second-order valence-electron chi connectivity index (χ2n) is 7.76. The number of hydrogen-bond donors (Lipinski definition) is 0. The van der Waals surface area contributed by atoms with Gasteiger partial charge in [-0.05, 0) is 12.1 Å². The third kappa shape index (κ3) is 4.10. The zero-order valence-corrected chi connectivity index (χ0v) is 18.4. The van der Waals surface area contributed by atoms with E-state index >= 15 is 0 Å². The zero-order valence-electron chi connectivity index (χ0n) is 18.4. The molecule has 4 aromatic heterocycles. The summed E-state index contributed by atoms with van der Waals surface area (Å²) in [5.41, 5.74) is 2.76. The van der Waals surface area contributed by atoms with Gasteiger partial charge in [0.1, 0.15) is 5.82 Å². The molecule has 0 amide bonds. The Morgan fingerprint density at radius 3 is 2.61 bits per heavy atom. The van der Waals surface area contributed by atoms with Crippen LogP contribution in [0.15, 0.2) is 36.9 Å². The van der Waals surface area contributed by atoms with Crippen molar-refractivity contribution < 1.29 is 9.53 Å². The first-order valence-electron chi connectivity index (χ1n) is 10.6. The lowest BCUT2D eigenvalue weighted by molar-refractivity contribution is 0.112. The molecule has 0 radical (unpaired) electrons. The molecule has 0 unspecified atom stereocenters. The van der Waals surface area contributed by atoms with Crippen LogP contribution in [0.4, 0.5) is 11.8 Å². The van der Waals surface area contributed by atoms with Crippen LogP contribution >= 0.6 is 0 Å². The van der Waals surface area contributed by atoms with Crippen molar-refractivity contribution in [2.75, 3.05) is 43.2 Å². The number of aryl methyl sites for hydroxylation is 1. The number of carbonyl (C=O) groups is 1. The minimum absolute atomic E-state index is 0.434. The Kier molecular flexibility index (Phi) is 5.61. The van der Waals surface area contributed by atoms with Crippen molar-refractivity contribution >= 4 is 29.2 Å². The van der Waals surface area contributed by atoms with E-state index in [-0.39, 0.29) is 0 Å². The Bertz CT molecular complexity index is 1270. The summed E-state index contributed by atoms with van der Waals surface area (Å²) in [5, 5.41) is 0. The molecule has 0 spiro atoms. The molecule has 0 N–H and O–H groups in total. The van der Waals surface area contributed by atoms with Gasteiger partial charge in [0, 0.05) is 57.5 Å². The number of rotatable bonds is 6. The molecule has 5 rings (SSSR count). The smallest absolute Gasteiger partial charge is 0.225 e. The van der Waals surface area contributed by atoms with E-state index in [9.17, 15) is 4.79 Å². The molecule has 4 aromatic rings. The number of morpholine rings is 1. The molecule has 1 fully saturated rings. The summed E-state index contributed by atoms with van der Waals surface area (Å²) in [5.74, 6) is 2.69. The summed E-state index contributed by atoms with van der Waals surface area (Å²) < 4.78 is 7.50. The normalized spacial score (nSPS) is 13.9. The Labute approximate surface area is 190 Å². The molecule has 5 heterocycles. The van der Waals surface area contributed by atoms with E-state index in [1.165, 1.54) is 12.4 Å². The Balaban J connectivity index is 1.56. The maximum absolute atomic E-state index is 10.9. The first kappa shape index (κ1) is 20.9. The number of imidazole rings is 1. The van der Waals surface area contributed by atoms with Crippen LogP contribution in [-0.2, 0) is 18.3 Å². The third-order valence-electron chi connectivity index (χ3n) is 5.54. The van der Waals surface area contributed by atoms with Crippen LogP contribution in [0.5, 0.6) is 0 Å². The molecule has 0 bridgehead atoms. The van der Waals surface area contributed by atoms with E-state index in [1.54, 1.807) is 12.4 Å². The largest absolute Gasteiger partial charge is 0.378 e. The average molecular weight is 445 g/mol. The lowest BCUT2D eigenvalue weighted by Gasteiger charge is -2.28. The third-order valence-corrected chi connectivity index (χ3v) is 5.54. The van der Waals surface area contributed by atoms with Gasteiger partial charge in [-0.1, -0.05) is 0 Å². The molecule has 11 nitrogen and oxygen atoms in total. The van der Waals surface area contributed by atoms with Gasteiger partial charge < -0.3 is 19.1 Å². The van der Waals surface area contributed by atoms with Crippen LogP contribution in [0.1, 0.15) is 16.2 Å². The molecule has 0 aromatic carbocycles. The van der Waals surface area contributed by atoms with E-state index < -0.39 is 0 Å². The number of aldehydes is 1. The van der Waals surface area contributed by atoms with Gasteiger partial charge in [-0.3, -0.25) is 9.78 Å². The van der Waals surface area contributed by atoms with E-state index in [1.807, 2.05) is 35.7 Å². The minimum Gasteiger partial charge on any atom is -0.378 e. The van der Waals surface area contributed by atoms with Crippen LogP contribution in [0.3, 0.4) is 0 Å². The SMILES string of the molecule is CN(Cc1nc2c(N3CCOCC3)nc(-c3cccnc3)nc2n1C)c1ncc(C=O)cn1. The fourth-order valence-electron chi connectivity index (χ4n) is 3.72. The molecule has 0 atom stereocenters. The highest BCUT2D eigenvalue weighted by atomic mass is 16.5. The molecule has 0 aliphatic carbocycles. The van der Waals surface area contributed by atoms with Crippen molar-refractivity contribution in [2.45, 2.75) is 6.54 Å². The standard InChI is InChI=1S/C22H23N9O2/c1-29(22-24-10-15(14-32)11-25-22)13-17-26-18-20(30(17)2)27-19(16-4-3-5-23-12-16)28-21(18)31-6-8-33-9-7-31/h3-5,10-12,14H,6-9,13H2,1-2H3. The fourth-order valence-corrected chi connectivity index (χ4v) is 3.72. The van der Waals surface area contributed by atoms with Crippen molar-refractivity contribution in [2.24, 2.45) is 7.05 Å². The quantitative estimate of drug-likeness (QED) is 0.404. The topological polar surface area (TPSA) is 115 Å². The predicted octanol–water partition coefficient (Wildman–Crippen LogP) is 1.50. The monoisotopic (exact) mass is 445 g/mol. The minimum atomic E-state index is 0.434. The van der Waals surface area contributed by atoms with Gasteiger partial charge >= 0.3 is 0 Å². The van der Waals surface area contributed by atoms with Crippen molar-refractivity contribution in [1.82, 2.24) is 34.5 Å². The average Bonchev–Trinajstić information content (AvgIpc) is 3.19. The number of ether oxygens (including phenoxy) is 1. The van der Waals surface area contributed by atoms with Crippen LogP contribution in [0.25, 0.3) is 22.6 Å². The van der Waals surface area contributed by atoms with E-state index in [0.29, 0.717) is 37.1 Å². The molecule has 11 heteroatoms. The Hall–Kier alpha value is -3.99. The van der Waals surface area contributed by atoms with Crippen LogP contribution in [-0.4, -0.2) is 74.1 Å². The van der Waals surface area contributed by atoms with Gasteiger partial charge in [0.25, 0.3) is 0 Å². The highest BCUT2D eigenvalue weighted by molar-refractivity contribution is 5.86. The molecular weight excluding hydrogens is 422 g/mol. The molecule has 1 aliphatic rings. The molecule has 0 saturated carbocycles. The maximum Gasteiger partial charge on any atom is 0.225 e. The van der Waals surface area contributed by atoms with E-state index in [0.717, 1.165) is 47.7 Å². The summed E-state index contributed by atoms with van der Waals surface area (Å²) in [6.07, 6.45) is 7.22. The first-order chi connectivity index (χ1) is 16.1.